The number of carbonyl (C=O) groups excluding carboxylic acids is 3. The van der Waals surface area contributed by atoms with E-state index in [0.29, 0.717) is 0 Å². The van der Waals surface area contributed by atoms with Crippen LogP contribution < -0.4 is 5.32 Å². The first-order valence-electron chi connectivity index (χ1n) is 7.43. The molecule has 0 spiro atoms. The SMILES string of the molecule is CCOC(=O)/C=C(/C)[C@@H]1[C@H](NC(=O)OC(C)(C)C)C(=O)N1S(=O)(=O)O. The van der Waals surface area contributed by atoms with E-state index in [0.717, 1.165) is 6.08 Å². The monoisotopic (exact) mass is 378 g/mol. The van der Waals surface area contributed by atoms with Crippen molar-refractivity contribution in [3.05, 3.63) is 11.6 Å². The van der Waals surface area contributed by atoms with E-state index in [9.17, 15) is 27.4 Å². The van der Waals surface area contributed by atoms with Gasteiger partial charge in [-0.3, -0.25) is 9.35 Å². The predicted molar refractivity (Wildman–Crippen MR) is 85.7 cm³/mol. The van der Waals surface area contributed by atoms with Gasteiger partial charge in [-0.25, -0.2) is 13.9 Å². The summed E-state index contributed by atoms with van der Waals surface area (Å²) in [5.74, 6) is -1.79. The van der Waals surface area contributed by atoms with Gasteiger partial charge in [-0.05, 0) is 40.2 Å². The van der Waals surface area contributed by atoms with Gasteiger partial charge in [0, 0.05) is 6.08 Å². The van der Waals surface area contributed by atoms with Gasteiger partial charge >= 0.3 is 22.4 Å². The van der Waals surface area contributed by atoms with Gasteiger partial charge < -0.3 is 14.8 Å². The molecule has 11 heteroatoms. The van der Waals surface area contributed by atoms with Crippen LogP contribution in [0.1, 0.15) is 34.6 Å². The molecule has 10 nitrogen and oxygen atoms in total. The molecule has 0 bridgehead atoms. The van der Waals surface area contributed by atoms with Crippen molar-refractivity contribution >= 4 is 28.3 Å². The van der Waals surface area contributed by atoms with E-state index in [1.807, 2.05) is 0 Å². The number of alkyl carbamates (subject to hydrolysis) is 1. The minimum Gasteiger partial charge on any atom is -0.463 e. The summed E-state index contributed by atoms with van der Waals surface area (Å²) >= 11 is 0. The fourth-order valence-corrected chi connectivity index (χ4v) is 3.11. The highest BCUT2D eigenvalue weighted by Gasteiger charge is 2.55. The van der Waals surface area contributed by atoms with Crippen molar-refractivity contribution in [3.63, 3.8) is 0 Å². The molecule has 0 saturated carbocycles. The van der Waals surface area contributed by atoms with Crippen LogP contribution in [0.4, 0.5) is 4.79 Å². The fraction of sp³-hybridized carbons (Fsp3) is 0.643. The standard InChI is InChI=1S/C14H22N2O8S/c1-6-23-9(17)7-8(2)11-10(12(18)16(11)25(20,21)22)15-13(19)24-14(3,4)5/h7,10-11H,6H2,1-5H3,(H,15,19)(H,20,21,22)/b8-7-/t10-,11+/m0/s1. The van der Waals surface area contributed by atoms with Crippen LogP contribution in [0.15, 0.2) is 11.6 Å². The van der Waals surface area contributed by atoms with Crippen molar-refractivity contribution in [1.82, 2.24) is 9.62 Å². The van der Waals surface area contributed by atoms with Crippen LogP contribution in [-0.2, 0) is 29.4 Å². The lowest BCUT2D eigenvalue weighted by atomic mass is 9.92. The smallest absolute Gasteiger partial charge is 0.408 e. The lowest BCUT2D eigenvalue weighted by molar-refractivity contribution is -0.141. The molecular weight excluding hydrogens is 356 g/mol. The van der Waals surface area contributed by atoms with E-state index in [4.69, 9.17) is 9.47 Å². The zero-order chi connectivity index (χ0) is 19.6. The van der Waals surface area contributed by atoms with Crippen molar-refractivity contribution in [2.45, 2.75) is 52.3 Å². The summed E-state index contributed by atoms with van der Waals surface area (Å²) in [6.07, 6.45) is 0.0533. The molecule has 1 heterocycles. The fourth-order valence-electron chi connectivity index (χ4n) is 2.20. The molecule has 0 unspecified atom stereocenters. The van der Waals surface area contributed by atoms with Gasteiger partial charge in [0.05, 0.1) is 6.61 Å². The third-order valence-electron chi connectivity index (χ3n) is 3.07. The first-order valence-corrected chi connectivity index (χ1v) is 8.82. The van der Waals surface area contributed by atoms with E-state index in [2.05, 4.69) is 5.32 Å². The Hall–Kier alpha value is -2.14. The Labute approximate surface area is 146 Å². The van der Waals surface area contributed by atoms with Gasteiger partial charge in [0.15, 0.2) is 0 Å². The number of hydrogen-bond acceptors (Lipinski definition) is 7. The highest BCUT2D eigenvalue weighted by molar-refractivity contribution is 7.84. The molecule has 0 aromatic heterocycles. The van der Waals surface area contributed by atoms with E-state index < -0.39 is 46.0 Å². The Morgan fingerprint density at radius 1 is 1.36 bits per heavy atom. The lowest BCUT2D eigenvalue weighted by Crippen LogP contribution is -2.72. The third-order valence-corrected chi connectivity index (χ3v) is 3.98. The van der Waals surface area contributed by atoms with Crippen LogP contribution >= 0.6 is 0 Å². The topological polar surface area (TPSA) is 139 Å². The van der Waals surface area contributed by atoms with Gasteiger partial charge in [0.1, 0.15) is 17.7 Å². The average Bonchev–Trinajstić information content (AvgIpc) is 2.38. The van der Waals surface area contributed by atoms with Crippen LogP contribution in [0.25, 0.3) is 0 Å². The second kappa shape index (κ2) is 7.40. The van der Waals surface area contributed by atoms with Crippen molar-refractivity contribution in [2.24, 2.45) is 0 Å². The molecular formula is C14H22N2O8S. The lowest BCUT2D eigenvalue weighted by Gasteiger charge is -2.44. The van der Waals surface area contributed by atoms with E-state index in [-0.39, 0.29) is 16.5 Å². The van der Waals surface area contributed by atoms with Gasteiger partial charge in [-0.15, -0.1) is 0 Å². The van der Waals surface area contributed by atoms with Crippen LogP contribution in [-0.4, -0.2) is 59.5 Å². The first-order chi connectivity index (χ1) is 11.3. The van der Waals surface area contributed by atoms with E-state index in [1.54, 1.807) is 27.7 Å². The normalized spacial score (nSPS) is 21.4. The highest BCUT2D eigenvalue weighted by atomic mass is 32.2. The van der Waals surface area contributed by atoms with Gasteiger partial charge in [0.2, 0.25) is 0 Å². The number of rotatable bonds is 5. The molecule has 2 N–H and O–H groups in total. The Balaban J connectivity index is 3.05. The van der Waals surface area contributed by atoms with E-state index >= 15 is 0 Å². The molecule has 1 aliphatic heterocycles. The number of carbonyl (C=O) groups is 3. The number of β-lactam (4-membered cyclic amide) rings is 1. The maximum Gasteiger partial charge on any atom is 0.408 e. The van der Waals surface area contributed by atoms with Crippen LogP contribution in [0.5, 0.6) is 0 Å². The number of amides is 2. The molecule has 0 aliphatic carbocycles. The van der Waals surface area contributed by atoms with Gasteiger partial charge in [-0.1, -0.05) is 0 Å². The predicted octanol–water partition coefficient (Wildman–Crippen LogP) is 0.403. The number of hydrogen-bond donors (Lipinski definition) is 2. The Kier molecular flexibility index (Phi) is 6.19. The summed E-state index contributed by atoms with van der Waals surface area (Å²) in [5.41, 5.74) is -0.720. The van der Waals surface area contributed by atoms with Crippen molar-refractivity contribution < 1.29 is 36.8 Å². The molecule has 1 saturated heterocycles. The number of esters is 1. The molecule has 1 aliphatic rings. The summed E-state index contributed by atoms with van der Waals surface area (Å²) in [6, 6.07) is -2.57. The van der Waals surface area contributed by atoms with Crippen molar-refractivity contribution in [2.75, 3.05) is 6.61 Å². The van der Waals surface area contributed by atoms with Crippen LogP contribution in [0.2, 0.25) is 0 Å². The molecule has 25 heavy (non-hydrogen) atoms. The Morgan fingerprint density at radius 2 is 1.92 bits per heavy atom. The molecule has 0 radical (unpaired) electrons. The molecule has 2 atom stereocenters. The number of nitrogens with zero attached hydrogens (tertiary/aromatic N) is 1. The number of ether oxygens (including phenoxy) is 2. The number of nitrogens with one attached hydrogen (secondary N) is 1. The molecule has 142 valence electrons. The summed E-state index contributed by atoms with van der Waals surface area (Å²) in [5, 5.41) is 2.24. The first kappa shape index (κ1) is 20.9. The Morgan fingerprint density at radius 3 is 2.36 bits per heavy atom. The molecule has 0 aromatic carbocycles. The molecule has 2 amide bonds. The largest absolute Gasteiger partial charge is 0.463 e. The molecule has 1 rings (SSSR count). The highest BCUT2D eigenvalue weighted by Crippen LogP contribution is 2.29. The maximum absolute atomic E-state index is 12.0. The van der Waals surface area contributed by atoms with Gasteiger partial charge in [0.25, 0.3) is 5.91 Å². The van der Waals surface area contributed by atoms with Crippen LogP contribution in [0, 0.1) is 0 Å². The van der Waals surface area contributed by atoms with Crippen LogP contribution in [0.3, 0.4) is 0 Å². The third kappa shape index (κ3) is 5.43. The van der Waals surface area contributed by atoms with Crippen molar-refractivity contribution in [3.8, 4) is 0 Å². The molecule has 0 aromatic rings. The quantitative estimate of drug-likeness (QED) is 0.303. The summed E-state index contributed by atoms with van der Waals surface area (Å²) in [7, 11) is -4.86. The minimum atomic E-state index is -4.86. The summed E-state index contributed by atoms with van der Waals surface area (Å²) in [4.78, 5) is 35.4. The zero-order valence-corrected chi connectivity index (χ0v) is 15.4. The minimum absolute atomic E-state index is 0.105. The second-order valence-corrected chi connectivity index (χ2v) is 7.61. The van der Waals surface area contributed by atoms with E-state index in [1.165, 1.54) is 6.92 Å². The average molecular weight is 378 g/mol. The second-order valence-electron chi connectivity index (χ2n) is 6.32. The van der Waals surface area contributed by atoms with Crippen molar-refractivity contribution in [1.29, 1.82) is 0 Å². The summed E-state index contributed by atoms with van der Waals surface area (Å²) < 4.78 is 41.9. The summed E-state index contributed by atoms with van der Waals surface area (Å²) in [6.45, 7) is 7.91. The molecule has 1 fully saturated rings. The zero-order valence-electron chi connectivity index (χ0n) is 14.6. The maximum atomic E-state index is 12.0. The Bertz CT molecular complexity index is 692. The van der Waals surface area contributed by atoms with Gasteiger partial charge in [-0.2, -0.15) is 8.42 Å².